The van der Waals surface area contributed by atoms with Crippen LogP contribution in [0.5, 0.6) is 0 Å². The number of fused-ring (bicyclic) bond motifs is 1. The zero-order valence-corrected chi connectivity index (χ0v) is 23.8. The van der Waals surface area contributed by atoms with E-state index >= 15 is 0 Å². The summed E-state index contributed by atoms with van der Waals surface area (Å²) in [5, 5.41) is 2.21. The van der Waals surface area contributed by atoms with Gasteiger partial charge in [0, 0.05) is 45.0 Å². The fraction of sp³-hybridized carbons (Fsp3) is 0.280. The summed E-state index contributed by atoms with van der Waals surface area (Å²) in [5.41, 5.74) is 1.59. The van der Waals surface area contributed by atoms with Gasteiger partial charge in [-0.15, -0.1) is 11.3 Å². The molecule has 0 radical (unpaired) electrons. The molecule has 5 rings (SSSR count). The lowest BCUT2D eigenvalue weighted by molar-refractivity contribution is -0.133. The number of carbonyl (C=O) groups excluding carboxylic acids is 3. The molecule has 1 saturated heterocycles. The summed E-state index contributed by atoms with van der Waals surface area (Å²) < 4.78 is 44.4. The van der Waals surface area contributed by atoms with Crippen LogP contribution in [0.3, 0.4) is 0 Å². The van der Waals surface area contributed by atoms with Crippen molar-refractivity contribution in [1.82, 2.24) is 19.9 Å². The van der Waals surface area contributed by atoms with Crippen molar-refractivity contribution in [3.05, 3.63) is 73.9 Å². The van der Waals surface area contributed by atoms with Crippen LogP contribution < -0.4 is 14.9 Å². The first-order valence-corrected chi connectivity index (χ1v) is 15.1. The molecule has 4 heterocycles. The van der Waals surface area contributed by atoms with Gasteiger partial charge >= 0.3 is 0 Å². The SMILES string of the molecule is O=C(NC[C@H](NS(=O)(=O)c1cc(F)cc(N2CCCC2=O)c1Cl)C(=O)N1Cc2ccncc2C1)c1ccc(Cl)s1. The highest BCUT2D eigenvalue weighted by Gasteiger charge is 2.35. The Morgan fingerprint density at radius 2 is 1.93 bits per heavy atom. The molecule has 2 aliphatic rings. The number of nitrogens with one attached hydrogen (secondary N) is 2. The van der Waals surface area contributed by atoms with E-state index in [1.807, 2.05) is 0 Å². The number of benzene rings is 1. The lowest BCUT2D eigenvalue weighted by atomic mass is 10.2. The normalized spacial score (nSPS) is 15.8. The van der Waals surface area contributed by atoms with E-state index < -0.39 is 45.1 Å². The first-order valence-electron chi connectivity index (χ1n) is 12.1. The van der Waals surface area contributed by atoms with Gasteiger partial charge in [-0.3, -0.25) is 19.4 Å². The van der Waals surface area contributed by atoms with Gasteiger partial charge in [-0.2, -0.15) is 4.72 Å². The second-order valence-electron chi connectivity index (χ2n) is 9.21. The van der Waals surface area contributed by atoms with Gasteiger partial charge in [-0.05, 0) is 47.9 Å². The Morgan fingerprint density at radius 3 is 2.60 bits per heavy atom. The van der Waals surface area contributed by atoms with Gasteiger partial charge in [-0.25, -0.2) is 12.8 Å². The number of hydrogen-bond donors (Lipinski definition) is 2. The number of halogens is 3. The molecule has 2 N–H and O–H groups in total. The average Bonchev–Trinajstić information content (AvgIpc) is 3.66. The van der Waals surface area contributed by atoms with Crippen LogP contribution in [-0.2, 0) is 32.7 Å². The van der Waals surface area contributed by atoms with E-state index in [1.54, 1.807) is 18.5 Å². The van der Waals surface area contributed by atoms with Crippen LogP contribution in [0.25, 0.3) is 0 Å². The fourth-order valence-electron chi connectivity index (χ4n) is 4.59. The van der Waals surface area contributed by atoms with Crippen LogP contribution >= 0.6 is 34.5 Å². The Kier molecular flexibility index (Phi) is 8.11. The fourth-order valence-corrected chi connectivity index (χ4v) is 7.36. The van der Waals surface area contributed by atoms with E-state index in [4.69, 9.17) is 23.2 Å². The van der Waals surface area contributed by atoms with E-state index in [9.17, 15) is 27.2 Å². The minimum Gasteiger partial charge on any atom is -0.349 e. The summed E-state index contributed by atoms with van der Waals surface area (Å²) in [6, 6.07) is 5.05. The highest BCUT2D eigenvalue weighted by molar-refractivity contribution is 7.89. The van der Waals surface area contributed by atoms with Gasteiger partial charge in [0.05, 0.1) is 19.9 Å². The largest absolute Gasteiger partial charge is 0.349 e. The maximum atomic E-state index is 14.6. The zero-order valence-electron chi connectivity index (χ0n) is 20.7. The molecule has 0 unspecified atom stereocenters. The van der Waals surface area contributed by atoms with Crippen molar-refractivity contribution in [3.8, 4) is 0 Å². The minimum absolute atomic E-state index is 0.0715. The molecule has 210 valence electrons. The standard InChI is InChI=1S/C25H22Cl2FN5O5S2/c26-21-4-3-19(39-21)24(35)30-11-17(25(36)32-12-14-5-6-29-10-15(14)13-32)31-40(37,38)20-9-16(28)8-18(23(20)27)33-7-1-2-22(33)34/h3-6,8-10,17,31H,1-2,7,11-13H2,(H,30,35)/t17-/m0/s1. The van der Waals surface area contributed by atoms with Crippen molar-refractivity contribution >= 4 is 68.0 Å². The second-order valence-corrected chi connectivity index (χ2v) is 13.0. The van der Waals surface area contributed by atoms with Crippen molar-refractivity contribution in [2.45, 2.75) is 36.9 Å². The van der Waals surface area contributed by atoms with E-state index in [0.717, 1.165) is 34.6 Å². The lowest BCUT2D eigenvalue weighted by Gasteiger charge is -2.25. The summed E-state index contributed by atoms with van der Waals surface area (Å²) in [5.74, 6) is -2.41. The molecule has 2 aliphatic heterocycles. The number of thiophene rings is 1. The predicted octanol–water partition coefficient (Wildman–Crippen LogP) is 3.34. The summed E-state index contributed by atoms with van der Waals surface area (Å²) in [6.07, 6.45) is 3.96. The van der Waals surface area contributed by atoms with Crippen LogP contribution in [0, 0.1) is 5.82 Å². The number of carbonyl (C=O) groups is 3. The number of pyridine rings is 1. The number of rotatable bonds is 8. The Labute approximate surface area is 243 Å². The molecule has 15 heteroatoms. The van der Waals surface area contributed by atoms with Crippen LogP contribution in [0.15, 0.2) is 47.6 Å². The highest BCUT2D eigenvalue weighted by Crippen LogP contribution is 2.35. The molecule has 0 aliphatic carbocycles. The van der Waals surface area contributed by atoms with Gasteiger partial charge in [0.15, 0.2) is 0 Å². The molecule has 3 aromatic rings. The Morgan fingerprint density at radius 1 is 1.15 bits per heavy atom. The molecular weight excluding hydrogens is 604 g/mol. The predicted molar refractivity (Wildman–Crippen MR) is 147 cm³/mol. The third kappa shape index (κ3) is 5.84. The Bertz CT molecular complexity index is 1590. The van der Waals surface area contributed by atoms with Crippen LogP contribution in [-0.4, -0.2) is 55.2 Å². The van der Waals surface area contributed by atoms with E-state index in [-0.39, 0.29) is 47.5 Å². The average molecular weight is 627 g/mol. The first kappa shape index (κ1) is 28.4. The summed E-state index contributed by atoms with van der Waals surface area (Å²) in [6.45, 7) is 0.253. The van der Waals surface area contributed by atoms with Crippen molar-refractivity contribution in [2.75, 3.05) is 18.0 Å². The molecule has 3 amide bonds. The molecule has 40 heavy (non-hydrogen) atoms. The molecule has 1 aromatic carbocycles. The number of aromatic nitrogens is 1. The quantitative estimate of drug-likeness (QED) is 0.395. The van der Waals surface area contributed by atoms with Crippen molar-refractivity contribution in [2.24, 2.45) is 0 Å². The number of sulfonamides is 1. The third-order valence-electron chi connectivity index (χ3n) is 6.54. The van der Waals surface area contributed by atoms with Crippen LogP contribution in [0.4, 0.5) is 10.1 Å². The molecule has 0 saturated carbocycles. The van der Waals surface area contributed by atoms with Gasteiger partial charge in [0.2, 0.25) is 21.8 Å². The van der Waals surface area contributed by atoms with E-state index in [2.05, 4.69) is 15.0 Å². The minimum atomic E-state index is -4.62. The lowest BCUT2D eigenvalue weighted by Crippen LogP contribution is -2.52. The highest BCUT2D eigenvalue weighted by atomic mass is 35.5. The van der Waals surface area contributed by atoms with E-state index in [1.165, 1.54) is 21.9 Å². The topological polar surface area (TPSA) is 129 Å². The third-order valence-corrected chi connectivity index (χ3v) is 9.77. The Hall–Kier alpha value is -3.10. The zero-order chi connectivity index (χ0) is 28.6. The molecule has 2 aromatic heterocycles. The van der Waals surface area contributed by atoms with Crippen molar-refractivity contribution in [1.29, 1.82) is 0 Å². The van der Waals surface area contributed by atoms with Gasteiger partial charge in [0.25, 0.3) is 5.91 Å². The molecular formula is C25H22Cl2FN5O5S2. The summed E-state index contributed by atoms with van der Waals surface area (Å²) in [4.78, 5) is 44.9. The van der Waals surface area contributed by atoms with Gasteiger partial charge < -0.3 is 15.1 Å². The molecule has 1 atom stereocenters. The molecule has 1 fully saturated rings. The number of amides is 3. The van der Waals surface area contributed by atoms with Crippen LogP contribution in [0.1, 0.15) is 33.6 Å². The maximum absolute atomic E-state index is 14.6. The van der Waals surface area contributed by atoms with E-state index in [0.29, 0.717) is 10.8 Å². The summed E-state index contributed by atoms with van der Waals surface area (Å²) >= 11 is 13.3. The molecule has 0 bridgehead atoms. The first-order chi connectivity index (χ1) is 19.0. The second kappa shape index (κ2) is 11.4. The molecule has 0 spiro atoms. The van der Waals surface area contributed by atoms with Gasteiger partial charge in [0.1, 0.15) is 16.8 Å². The monoisotopic (exact) mass is 625 g/mol. The Balaban J connectivity index is 1.43. The maximum Gasteiger partial charge on any atom is 0.261 e. The number of hydrogen-bond acceptors (Lipinski definition) is 7. The summed E-state index contributed by atoms with van der Waals surface area (Å²) in [7, 11) is -4.62. The van der Waals surface area contributed by atoms with Gasteiger partial charge in [-0.1, -0.05) is 23.2 Å². The van der Waals surface area contributed by atoms with Crippen LogP contribution in [0.2, 0.25) is 9.36 Å². The molecule has 10 nitrogen and oxygen atoms in total. The van der Waals surface area contributed by atoms with Crippen molar-refractivity contribution in [3.63, 3.8) is 0 Å². The number of anilines is 1. The van der Waals surface area contributed by atoms with Crippen molar-refractivity contribution < 1.29 is 27.2 Å². The smallest absolute Gasteiger partial charge is 0.261 e. The number of nitrogens with zero attached hydrogens (tertiary/aromatic N) is 3.